The predicted molar refractivity (Wildman–Crippen MR) is 64.7 cm³/mol. The lowest BCUT2D eigenvalue weighted by Crippen LogP contribution is -2.12. The van der Waals surface area contributed by atoms with Crippen molar-refractivity contribution in [3.8, 4) is 5.88 Å². The largest absolute Gasteiger partial charge is 0.481 e. The van der Waals surface area contributed by atoms with Crippen LogP contribution in [0.25, 0.3) is 0 Å². The zero-order valence-corrected chi connectivity index (χ0v) is 10.4. The number of amides is 1. The van der Waals surface area contributed by atoms with E-state index < -0.39 is 0 Å². The van der Waals surface area contributed by atoms with Gasteiger partial charge in [0, 0.05) is 24.9 Å². The number of anilines is 1. The molecule has 0 unspecified atom stereocenters. The third kappa shape index (κ3) is 2.48. The first-order valence-corrected chi connectivity index (χ1v) is 5.35. The van der Waals surface area contributed by atoms with Crippen LogP contribution < -0.4 is 10.1 Å². The molecule has 2 rings (SSSR count). The molecule has 94 valence electrons. The zero-order chi connectivity index (χ0) is 13.1. The summed E-state index contributed by atoms with van der Waals surface area (Å²) in [6.07, 6.45) is 1.55. The van der Waals surface area contributed by atoms with Gasteiger partial charge in [0.15, 0.2) is 5.89 Å². The summed E-state index contributed by atoms with van der Waals surface area (Å²) in [5.74, 6) is 0.757. The standard InChI is InChI=1S/C12H13N3O3/c1-7-11(18-8(2)14-7)12(16)15-9-4-5-13-10(6-9)17-3/h4-6H,1-3H3,(H,13,15,16). The van der Waals surface area contributed by atoms with E-state index in [0.29, 0.717) is 23.2 Å². The number of aromatic nitrogens is 2. The van der Waals surface area contributed by atoms with E-state index in [1.807, 2.05) is 0 Å². The number of hydrogen-bond acceptors (Lipinski definition) is 5. The monoisotopic (exact) mass is 247 g/mol. The minimum absolute atomic E-state index is 0.211. The number of aryl methyl sites for hydroxylation is 2. The summed E-state index contributed by atoms with van der Waals surface area (Å²) in [6, 6.07) is 3.29. The molecule has 0 fully saturated rings. The van der Waals surface area contributed by atoms with Crippen molar-refractivity contribution >= 4 is 11.6 Å². The van der Waals surface area contributed by atoms with Crippen molar-refractivity contribution in [2.24, 2.45) is 0 Å². The highest BCUT2D eigenvalue weighted by atomic mass is 16.5. The molecule has 18 heavy (non-hydrogen) atoms. The second-order valence-corrected chi connectivity index (χ2v) is 3.69. The van der Waals surface area contributed by atoms with Gasteiger partial charge in [-0.25, -0.2) is 9.97 Å². The van der Waals surface area contributed by atoms with Gasteiger partial charge in [-0.2, -0.15) is 0 Å². The molecule has 0 atom stereocenters. The first-order valence-electron chi connectivity index (χ1n) is 5.35. The Bertz CT molecular complexity index is 578. The van der Waals surface area contributed by atoms with E-state index in [4.69, 9.17) is 9.15 Å². The number of ether oxygens (including phenoxy) is 1. The SMILES string of the molecule is COc1cc(NC(=O)c2oc(C)nc2C)ccn1. The van der Waals surface area contributed by atoms with Crippen LogP contribution in [0.3, 0.4) is 0 Å². The molecular weight excluding hydrogens is 234 g/mol. The normalized spacial score (nSPS) is 10.2. The molecule has 2 aromatic heterocycles. The number of carbonyl (C=O) groups is 1. The van der Waals surface area contributed by atoms with E-state index in [1.165, 1.54) is 7.11 Å². The Balaban J connectivity index is 2.18. The van der Waals surface area contributed by atoms with Gasteiger partial charge in [0.2, 0.25) is 11.6 Å². The summed E-state index contributed by atoms with van der Waals surface area (Å²) < 4.78 is 10.2. The quantitative estimate of drug-likeness (QED) is 0.896. The molecule has 0 saturated carbocycles. The van der Waals surface area contributed by atoms with E-state index >= 15 is 0 Å². The average molecular weight is 247 g/mol. The molecule has 1 amide bonds. The maximum atomic E-state index is 11.9. The van der Waals surface area contributed by atoms with E-state index in [-0.39, 0.29) is 11.7 Å². The van der Waals surface area contributed by atoms with Gasteiger partial charge in [0.25, 0.3) is 5.91 Å². The van der Waals surface area contributed by atoms with E-state index in [0.717, 1.165) is 0 Å². The van der Waals surface area contributed by atoms with Crippen LogP contribution in [0.4, 0.5) is 5.69 Å². The van der Waals surface area contributed by atoms with Crippen molar-refractivity contribution in [1.82, 2.24) is 9.97 Å². The highest BCUT2D eigenvalue weighted by Gasteiger charge is 2.16. The van der Waals surface area contributed by atoms with Crippen LogP contribution in [-0.4, -0.2) is 23.0 Å². The Labute approximate surface area is 104 Å². The molecule has 0 radical (unpaired) electrons. The fourth-order valence-electron chi connectivity index (χ4n) is 1.53. The molecule has 0 aromatic carbocycles. The topological polar surface area (TPSA) is 77.2 Å². The second-order valence-electron chi connectivity index (χ2n) is 3.69. The van der Waals surface area contributed by atoms with Crippen LogP contribution in [0.15, 0.2) is 22.7 Å². The van der Waals surface area contributed by atoms with Gasteiger partial charge in [-0.1, -0.05) is 0 Å². The number of methoxy groups -OCH3 is 1. The third-order valence-corrected chi connectivity index (χ3v) is 2.31. The molecule has 1 N–H and O–H groups in total. The van der Waals surface area contributed by atoms with Crippen LogP contribution in [0.1, 0.15) is 22.1 Å². The molecule has 0 saturated heterocycles. The Morgan fingerprint density at radius 2 is 2.22 bits per heavy atom. The minimum Gasteiger partial charge on any atom is -0.481 e. The van der Waals surface area contributed by atoms with Gasteiger partial charge in [0.05, 0.1) is 12.8 Å². The second kappa shape index (κ2) is 4.87. The summed E-state index contributed by atoms with van der Waals surface area (Å²) in [6.45, 7) is 3.41. The number of carbonyl (C=O) groups excluding carboxylic acids is 1. The number of hydrogen-bond donors (Lipinski definition) is 1. The fraction of sp³-hybridized carbons (Fsp3) is 0.250. The lowest BCUT2D eigenvalue weighted by Gasteiger charge is -2.04. The first kappa shape index (κ1) is 12.1. The highest BCUT2D eigenvalue weighted by molar-refractivity contribution is 6.02. The number of nitrogens with zero attached hydrogens (tertiary/aromatic N) is 2. The summed E-state index contributed by atoms with van der Waals surface area (Å²) >= 11 is 0. The van der Waals surface area contributed by atoms with Gasteiger partial charge < -0.3 is 14.5 Å². The maximum Gasteiger partial charge on any atom is 0.293 e. The van der Waals surface area contributed by atoms with Crippen molar-refractivity contribution in [3.05, 3.63) is 35.7 Å². The van der Waals surface area contributed by atoms with Gasteiger partial charge in [-0.3, -0.25) is 4.79 Å². The van der Waals surface area contributed by atoms with E-state index in [9.17, 15) is 4.79 Å². The molecule has 0 aliphatic carbocycles. The maximum absolute atomic E-state index is 11.9. The van der Waals surface area contributed by atoms with Crippen molar-refractivity contribution in [2.45, 2.75) is 13.8 Å². The lowest BCUT2D eigenvalue weighted by atomic mass is 10.3. The number of nitrogens with one attached hydrogen (secondary N) is 1. The van der Waals surface area contributed by atoms with Gasteiger partial charge in [-0.15, -0.1) is 0 Å². The number of rotatable bonds is 3. The lowest BCUT2D eigenvalue weighted by molar-refractivity contribution is 0.0994. The fourth-order valence-corrected chi connectivity index (χ4v) is 1.53. The molecule has 0 aliphatic rings. The van der Waals surface area contributed by atoms with E-state index in [1.54, 1.807) is 32.2 Å². The molecule has 2 aromatic rings. The average Bonchev–Trinajstić information content (AvgIpc) is 2.69. The van der Waals surface area contributed by atoms with Crippen molar-refractivity contribution < 1.29 is 13.9 Å². The van der Waals surface area contributed by atoms with Gasteiger partial charge in [0.1, 0.15) is 0 Å². The molecule has 0 spiro atoms. The summed E-state index contributed by atoms with van der Waals surface area (Å²) in [5.41, 5.74) is 1.14. The first-order chi connectivity index (χ1) is 8.60. The molecule has 0 aliphatic heterocycles. The predicted octanol–water partition coefficient (Wildman–Crippen LogP) is 1.95. The van der Waals surface area contributed by atoms with Crippen LogP contribution in [0, 0.1) is 13.8 Å². The third-order valence-electron chi connectivity index (χ3n) is 2.31. The number of oxazole rings is 1. The Kier molecular flexibility index (Phi) is 3.27. The molecular formula is C12H13N3O3. The van der Waals surface area contributed by atoms with Gasteiger partial charge >= 0.3 is 0 Å². The highest BCUT2D eigenvalue weighted by Crippen LogP contribution is 2.16. The zero-order valence-electron chi connectivity index (χ0n) is 10.4. The van der Waals surface area contributed by atoms with Crippen LogP contribution in [-0.2, 0) is 0 Å². The molecule has 6 heteroatoms. The smallest absolute Gasteiger partial charge is 0.293 e. The summed E-state index contributed by atoms with van der Waals surface area (Å²) in [7, 11) is 1.51. The molecule has 0 bridgehead atoms. The number of pyridine rings is 1. The Morgan fingerprint density at radius 3 is 2.83 bits per heavy atom. The minimum atomic E-state index is -0.346. The van der Waals surface area contributed by atoms with Crippen LogP contribution >= 0.6 is 0 Å². The Hall–Kier alpha value is -2.37. The van der Waals surface area contributed by atoms with Crippen LogP contribution in [0.2, 0.25) is 0 Å². The molecule has 6 nitrogen and oxygen atoms in total. The Morgan fingerprint density at radius 1 is 1.44 bits per heavy atom. The molecule has 2 heterocycles. The van der Waals surface area contributed by atoms with Gasteiger partial charge in [-0.05, 0) is 13.0 Å². The summed E-state index contributed by atoms with van der Waals surface area (Å²) in [5, 5.41) is 2.69. The van der Waals surface area contributed by atoms with Crippen molar-refractivity contribution in [1.29, 1.82) is 0 Å². The summed E-state index contributed by atoms with van der Waals surface area (Å²) in [4.78, 5) is 19.9. The van der Waals surface area contributed by atoms with Crippen molar-refractivity contribution in [3.63, 3.8) is 0 Å². The van der Waals surface area contributed by atoms with E-state index in [2.05, 4.69) is 15.3 Å². The van der Waals surface area contributed by atoms with Crippen LogP contribution in [0.5, 0.6) is 5.88 Å². The van der Waals surface area contributed by atoms with Crippen molar-refractivity contribution in [2.75, 3.05) is 12.4 Å².